The van der Waals surface area contributed by atoms with Gasteiger partial charge in [-0.15, -0.1) is 6.42 Å². The molecule has 5 nitrogen and oxygen atoms in total. The van der Waals surface area contributed by atoms with Gasteiger partial charge in [0.15, 0.2) is 0 Å². The normalized spacial score (nSPS) is 12.3. The molecule has 0 unspecified atom stereocenters. The molecule has 1 N–H and O–H groups in total. The summed E-state index contributed by atoms with van der Waals surface area (Å²) in [5.41, 5.74) is 4.10. The van der Waals surface area contributed by atoms with Crippen molar-refractivity contribution in [2.24, 2.45) is 0 Å². The molecule has 0 spiro atoms. The van der Waals surface area contributed by atoms with Crippen molar-refractivity contribution in [1.29, 1.82) is 0 Å². The highest BCUT2D eigenvalue weighted by molar-refractivity contribution is 6.09. The van der Waals surface area contributed by atoms with Gasteiger partial charge in [0.2, 0.25) is 5.91 Å². The van der Waals surface area contributed by atoms with Gasteiger partial charge in [-0.05, 0) is 42.3 Å². The Bertz CT molecular complexity index is 898. The molecule has 3 rings (SSSR count). The second-order valence-corrected chi connectivity index (χ2v) is 6.27. The van der Waals surface area contributed by atoms with Crippen LogP contribution in [0.2, 0.25) is 0 Å². The molecule has 0 atom stereocenters. The number of amides is 2. The Kier molecular flexibility index (Phi) is 4.94. The van der Waals surface area contributed by atoms with E-state index in [4.69, 9.17) is 6.42 Å². The standard InChI is InChI=1S/C21H21N3O2/c1-4-15-6-5-7-18(12-15)24(14-20(25)22-2)21(26)17-9-8-16-10-11-23(3)19(16)13-17/h1,5-9,12-13H,10-11,14H2,2-3H3,(H,22,25). The first-order chi connectivity index (χ1) is 12.5. The maximum atomic E-state index is 13.2. The van der Waals surface area contributed by atoms with Crippen LogP contribution in [-0.4, -0.2) is 39.0 Å². The molecule has 0 bridgehead atoms. The molecule has 2 aromatic carbocycles. The number of fused-ring (bicyclic) bond motifs is 1. The van der Waals surface area contributed by atoms with Crippen molar-refractivity contribution in [2.75, 3.05) is 37.0 Å². The lowest BCUT2D eigenvalue weighted by atomic mass is 10.1. The summed E-state index contributed by atoms with van der Waals surface area (Å²) in [4.78, 5) is 28.7. The molecular formula is C21H21N3O2. The minimum Gasteiger partial charge on any atom is -0.374 e. The van der Waals surface area contributed by atoms with E-state index in [2.05, 4.69) is 16.1 Å². The van der Waals surface area contributed by atoms with E-state index in [-0.39, 0.29) is 18.4 Å². The zero-order chi connectivity index (χ0) is 18.7. The average molecular weight is 347 g/mol. The first kappa shape index (κ1) is 17.6. The fourth-order valence-corrected chi connectivity index (χ4v) is 3.09. The highest BCUT2D eigenvalue weighted by Crippen LogP contribution is 2.29. The molecule has 1 heterocycles. The lowest BCUT2D eigenvalue weighted by molar-refractivity contribution is -0.119. The third-order valence-electron chi connectivity index (χ3n) is 4.61. The van der Waals surface area contributed by atoms with Crippen molar-refractivity contribution in [3.63, 3.8) is 0 Å². The van der Waals surface area contributed by atoms with E-state index in [9.17, 15) is 9.59 Å². The number of hydrogen-bond acceptors (Lipinski definition) is 3. The van der Waals surface area contributed by atoms with E-state index in [1.807, 2.05) is 25.2 Å². The van der Waals surface area contributed by atoms with E-state index >= 15 is 0 Å². The van der Waals surface area contributed by atoms with Crippen LogP contribution in [0.4, 0.5) is 11.4 Å². The average Bonchev–Trinajstić information content (AvgIpc) is 3.05. The topological polar surface area (TPSA) is 52.7 Å². The number of rotatable bonds is 4. The maximum Gasteiger partial charge on any atom is 0.258 e. The highest BCUT2D eigenvalue weighted by Gasteiger charge is 2.23. The van der Waals surface area contributed by atoms with Crippen molar-refractivity contribution in [3.05, 3.63) is 59.2 Å². The fraction of sp³-hybridized carbons (Fsp3) is 0.238. The third-order valence-corrected chi connectivity index (χ3v) is 4.61. The van der Waals surface area contributed by atoms with Crippen LogP contribution in [0.1, 0.15) is 21.5 Å². The first-order valence-corrected chi connectivity index (χ1v) is 8.46. The van der Waals surface area contributed by atoms with Crippen LogP contribution in [0.25, 0.3) is 0 Å². The predicted molar refractivity (Wildman–Crippen MR) is 104 cm³/mol. The molecule has 2 amide bonds. The van der Waals surface area contributed by atoms with Gasteiger partial charge in [-0.2, -0.15) is 0 Å². The number of anilines is 2. The molecule has 5 heteroatoms. The van der Waals surface area contributed by atoms with Crippen molar-refractivity contribution >= 4 is 23.2 Å². The van der Waals surface area contributed by atoms with Crippen LogP contribution in [0.5, 0.6) is 0 Å². The molecule has 2 aromatic rings. The Morgan fingerprint density at radius 1 is 1.27 bits per heavy atom. The van der Waals surface area contributed by atoms with E-state index < -0.39 is 0 Å². The minimum absolute atomic E-state index is 0.0731. The van der Waals surface area contributed by atoms with Gasteiger partial charge >= 0.3 is 0 Å². The molecule has 26 heavy (non-hydrogen) atoms. The summed E-state index contributed by atoms with van der Waals surface area (Å²) in [7, 11) is 3.56. The molecule has 0 aliphatic carbocycles. The Morgan fingerprint density at radius 3 is 2.81 bits per heavy atom. The zero-order valence-electron chi connectivity index (χ0n) is 15.0. The summed E-state index contributed by atoms with van der Waals surface area (Å²) in [6, 6.07) is 12.8. The predicted octanol–water partition coefficient (Wildman–Crippen LogP) is 2.05. The first-order valence-electron chi connectivity index (χ1n) is 8.46. The van der Waals surface area contributed by atoms with Gasteiger partial charge in [0.1, 0.15) is 6.54 Å². The summed E-state index contributed by atoms with van der Waals surface area (Å²) < 4.78 is 0. The van der Waals surface area contributed by atoms with Crippen molar-refractivity contribution in [2.45, 2.75) is 6.42 Å². The zero-order valence-corrected chi connectivity index (χ0v) is 15.0. The smallest absolute Gasteiger partial charge is 0.258 e. The van der Waals surface area contributed by atoms with E-state index in [0.29, 0.717) is 16.8 Å². The van der Waals surface area contributed by atoms with E-state index in [1.54, 1.807) is 31.3 Å². The van der Waals surface area contributed by atoms with Gasteiger partial charge in [-0.3, -0.25) is 14.5 Å². The molecule has 132 valence electrons. The summed E-state index contributed by atoms with van der Waals surface area (Å²) in [5.74, 6) is 2.08. The number of terminal acetylenes is 1. The lowest BCUT2D eigenvalue weighted by Gasteiger charge is -2.23. The molecule has 0 saturated heterocycles. The van der Waals surface area contributed by atoms with E-state index in [0.717, 1.165) is 18.7 Å². The molecule has 0 fully saturated rings. The van der Waals surface area contributed by atoms with Gasteiger partial charge in [0, 0.05) is 43.1 Å². The molecular weight excluding hydrogens is 326 g/mol. The van der Waals surface area contributed by atoms with Crippen LogP contribution in [-0.2, 0) is 11.2 Å². The van der Waals surface area contributed by atoms with Crippen molar-refractivity contribution in [1.82, 2.24) is 5.32 Å². The summed E-state index contributed by atoms with van der Waals surface area (Å²) in [5, 5.41) is 2.57. The van der Waals surface area contributed by atoms with Gasteiger partial charge in [-0.25, -0.2) is 0 Å². The van der Waals surface area contributed by atoms with Gasteiger partial charge in [-0.1, -0.05) is 18.1 Å². The van der Waals surface area contributed by atoms with Crippen LogP contribution < -0.4 is 15.1 Å². The third kappa shape index (κ3) is 3.40. The Labute approximate surface area is 153 Å². The summed E-state index contributed by atoms with van der Waals surface area (Å²) in [6.45, 7) is 0.870. The SMILES string of the molecule is C#Cc1cccc(N(CC(=O)NC)C(=O)c2ccc3c(c2)N(C)CC3)c1. The minimum atomic E-state index is -0.247. The second kappa shape index (κ2) is 7.32. The summed E-state index contributed by atoms with van der Waals surface area (Å²) >= 11 is 0. The fourth-order valence-electron chi connectivity index (χ4n) is 3.09. The number of hydrogen-bond donors (Lipinski definition) is 1. The second-order valence-electron chi connectivity index (χ2n) is 6.27. The van der Waals surface area contributed by atoms with E-state index in [1.165, 1.54) is 10.5 Å². The molecule has 1 aliphatic rings. The summed E-state index contributed by atoms with van der Waals surface area (Å²) in [6.07, 6.45) is 6.45. The number of nitrogens with zero attached hydrogens (tertiary/aromatic N) is 2. The maximum absolute atomic E-state index is 13.2. The monoisotopic (exact) mass is 347 g/mol. The number of carbonyl (C=O) groups excluding carboxylic acids is 2. The Hall–Kier alpha value is -3.26. The van der Waals surface area contributed by atoms with Crippen LogP contribution in [0.3, 0.4) is 0 Å². The van der Waals surface area contributed by atoms with Gasteiger partial charge in [0.25, 0.3) is 5.91 Å². The number of nitrogens with one attached hydrogen (secondary N) is 1. The van der Waals surface area contributed by atoms with Crippen LogP contribution in [0.15, 0.2) is 42.5 Å². The van der Waals surface area contributed by atoms with Crippen LogP contribution in [0, 0.1) is 12.3 Å². The lowest BCUT2D eigenvalue weighted by Crippen LogP contribution is -2.39. The molecule has 0 radical (unpaired) electrons. The van der Waals surface area contributed by atoms with Crippen LogP contribution >= 0.6 is 0 Å². The molecule has 0 saturated carbocycles. The van der Waals surface area contributed by atoms with Gasteiger partial charge in [0.05, 0.1) is 0 Å². The Balaban J connectivity index is 1.98. The highest BCUT2D eigenvalue weighted by atomic mass is 16.2. The Morgan fingerprint density at radius 2 is 2.08 bits per heavy atom. The molecule has 0 aromatic heterocycles. The molecule has 1 aliphatic heterocycles. The largest absolute Gasteiger partial charge is 0.374 e. The number of likely N-dealkylation sites (N-methyl/N-ethyl adjacent to an activating group) is 2. The van der Waals surface area contributed by atoms with Crippen molar-refractivity contribution in [3.8, 4) is 12.3 Å². The van der Waals surface area contributed by atoms with Gasteiger partial charge < -0.3 is 10.2 Å². The number of carbonyl (C=O) groups is 2. The quantitative estimate of drug-likeness (QED) is 0.862. The number of benzene rings is 2. The van der Waals surface area contributed by atoms with Crippen molar-refractivity contribution < 1.29 is 9.59 Å².